The van der Waals surface area contributed by atoms with Crippen LogP contribution in [-0.2, 0) is 14.0 Å². The minimum atomic E-state index is -0.494. The molecule has 0 N–H and O–H groups in total. The molecule has 0 aromatic rings. The van der Waals surface area contributed by atoms with Crippen molar-refractivity contribution in [2.75, 3.05) is 55.8 Å². The number of hydrogen-bond donors (Lipinski definition) is 0. The van der Waals surface area contributed by atoms with E-state index in [1.807, 2.05) is 0 Å². The third-order valence-corrected chi connectivity index (χ3v) is 3.35. The predicted octanol–water partition coefficient (Wildman–Crippen LogP) is 2.11. The molecule has 0 spiro atoms. The monoisotopic (exact) mass is 284 g/mol. The lowest BCUT2D eigenvalue weighted by Gasteiger charge is -2.13. The molecule has 0 heterocycles. The Bertz CT molecular complexity index is 119. The van der Waals surface area contributed by atoms with Crippen LogP contribution in [0, 0.1) is 0 Å². The quantitative estimate of drug-likeness (QED) is 0.402. The molecule has 0 aromatic carbocycles. The second-order valence-corrected chi connectivity index (χ2v) is 5.84. The van der Waals surface area contributed by atoms with E-state index in [1.165, 1.54) is 0 Å². The van der Waals surface area contributed by atoms with Crippen LogP contribution in [0.25, 0.3) is 0 Å². The topological polar surface area (TPSA) is 27.7 Å². The van der Waals surface area contributed by atoms with Crippen LogP contribution >= 0.6 is 35.3 Å². The van der Waals surface area contributed by atoms with E-state index < -0.39 is 7.32 Å². The van der Waals surface area contributed by atoms with Crippen LogP contribution < -0.4 is 0 Å². The van der Waals surface area contributed by atoms with Gasteiger partial charge in [0.25, 0.3) is 0 Å². The van der Waals surface area contributed by atoms with Crippen LogP contribution in [0.3, 0.4) is 0 Å². The van der Waals surface area contributed by atoms with Gasteiger partial charge >= 0.3 is 7.32 Å². The maximum atomic E-state index is 5.49. The molecule has 3 nitrogen and oxygen atoms in total. The van der Waals surface area contributed by atoms with Gasteiger partial charge in [0, 0.05) is 37.1 Å². The van der Waals surface area contributed by atoms with E-state index in [2.05, 4.69) is 18.8 Å². The molecule has 0 saturated carbocycles. The summed E-state index contributed by atoms with van der Waals surface area (Å²) < 4.78 is 16.5. The molecule has 0 rings (SSSR count). The zero-order chi connectivity index (χ0) is 12.1. The van der Waals surface area contributed by atoms with Gasteiger partial charge in [-0.1, -0.05) is 0 Å². The molecule has 7 heteroatoms. The lowest BCUT2D eigenvalue weighted by atomic mass is 10.2. The van der Waals surface area contributed by atoms with E-state index in [-0.39, 0.29) is 0 Å². The summed E-state index contributed by atoms with van der Waals surface area (Å²) in [5.41, 5.74) is 0. The summed E-state index contributed by atoms with van der Waals surface area (Å²) in [6.45, 7) is 2.01. The van der Waals surface area contributed by atoms with E-state index in [1.54, 1.807) is 35.3 Å². The summed E-state index contributed by atoms with van der Waals surface area (Å²) in [6, 6.07) is 0. The van der Waals surface area contributed by atoms with E-state index >= 15 is 0 Å². The number of thioether (sulfide) groups is 3. The molecule has 0 aliphatic carbocycles. The molecule has 0 saturated heterocycles. The zero-order valence-corrected chi connectivity index (χ0v) is 12.7. The first-order valence-corrected chi connectivity index (χ1v) is 9.35. The van der Waals surface area contributed by atoms with Gasteiger partial charge in [-0.05, 0) is 18.8 Å². The van der Waals surface area contributed by atoms with Crippen molar-refractivity contribution in [2.45, 2.75) is 0 Å². The predicted molar refractivity (Wildman–Crippen MR) is 78.8 cm³/mol. The highest BCUT2D eigenvalue weighted by Gasteiger charge is 2.20. The number of rotatable bonds is 12. The Morgan fingerprint density at radius 2 is 1.00 bits per heavy atom. The molecule has 0 radical (unpaired) electrons. The third kappa shape index (κ3) is 11.5. The molecule has 0 bridgehead atoms. The smallest absolute Gasteiger partial charge is 0.385 e. The fourth-order valence-electron chi connectivity index (χ4n) is 0.827. The molecule has 0 amide bonds. The fraction of sp³-hybridized carbons (Fsp3) is 1.00. The summed E-state index contributed by atoms with van der Waals surface area (Å²) >= 11 is 5.27. The lowest BCUT2D eigenvalue weighted by Crippen LogP contribution is -2.30. The van der Waals surface area contributed by atoms with Gasteiger partial charge in [0.2, 0.25) is 0 Å². The van der Waals surface area contributed by atoms with E-state index in [0.29, 0.717) is 19.8 Å². The third-order valence-electron chi connectivity index (χ3n) is 1.62. The molecule has 96 valence electrons. The molecule has 0 aliphatic heterocycles. The van der Waals surface area contributed by atoms with Crippen LogP contribution in [-0.4, -0.2) is 63.2 Å². The first-order chi connectivity index (χ1) is 7.85. The summed E-state index contributed by atoms with van der Waals surface area (Å²) in [7, 11) is -0.494. The van der Waals surface area contributed by atoms with Crippen molar-refractivity contribution < 1.29 is 14.0 Å². The summed E-state index contributed by atoms with van der Waals surface area (Å²) in [6.07, 6.45) is 6.17. The molecule has 0 atom stereocenters. The van der Waals surface area contributed by atoms with Gasteiger partial charge in [-0.2, -0.15) is 35.3 Å². The Labute approximate surface area is 112 Å². The highest BCUT2D eigenvalue weighted by molar-refractivity contribution is 7.99. The van der Waals surface area contributed by atoms with Gasteiger partial charge in [0.05, 0.1) is 0 Å². The second kappa shape index (κ2) is 14.1. The van der Waals surface area contributed by atoms with Crippen LogP contribution in [0.1, 0.15) is 0 Å². The van der Waals surface area contributed by atoms with E-state index in [9.17, 15) is 0 Å². The van der Waals surface area contributed by atoms with Crippen molar-refractivity contribution in [1.29, 1.82) is 0 Å². The summed E-state index contributed by atoms with van der Waals surface area (Å²) in [5.74, 6) is 2.90. The first-order valence-electron chi connectivity index (χ1n) is 5.16. The SMILES string of the molecule is CSCCOB(OCCSC)OCCSC. The van der Waals surface area contributed by atoms with Crippen LogP contribution in [0.5, 0.6) is 0 Å². The van der Waals surface area contributed by atoms with E-state index in [0.717, 1.165) is 17.3 Å². The minimum Gasteiger partial charge on any atom is -0.385 e. The fourth-order valence-corrected chi connectivity index (χ4v) is 1.62. The maximum absolute atomic E-state index is 5.49. The van der Waals surface area contributed by atoms with Crippen molar-refractivity contribution in [2.24, 2.45) is 0 Å². The van der Waals surface area contributed by atoms with Crippen molar-refractivity contribution >= 4 is 42.6 Å². The van der Waals surface area contributed by atoms with Gasteiger partial charge in [-0.15, -0.1) is 0 Å². The van der Waals surface area contributed by atoms with Gasteiger partial charge in [-0.3, -0.25) is 0 Å². The molecular formula is C9H21BO3S3. The lowest BCUT2D eigenvalue weighted by molar-refractivity contribution is 0.110. The number of hydrogen-bond acceptors (Lipinski definition) is 6. The van der Waals surface area contributed by atoms with Crippen LogP contribution in [0.2, 0.25) is 0 Å². The molecule has 0 unspecified atom stereocenters. The Morgan fingerprint density at radius 3 is 1.25 bits per heavy atom. The summed E-state index contributed by atoms with van der Waals surface area (Å²) in [5, 5.41) is 0. The van der Waals surface area contributed by atoms with Crippen molar-refractivity contribution in [3.63, 3.8) is 0 Å². The summed E-state index contributed by atoms with van der Waals surface area (Å²) in [4.78, 5) is 0. The average Bonchev–Trinajstić information content (AvgIpc) is 2.29. The minimum absolute atomic E-state index is 0.494. The standard InChI is InChI=1S/C9H21BO3S3/c1-14-7-4-11-10(12-5-8-15-2)13-6-9-16-3/h4-9H2,1-3H3. The molecule has 0 aromatic heterocycles. The van der Waals surface area contributed by atoms with Crippen LogP contribution in [0.15, 0.2) is 0 Å². The van der Waals surface area contributed by atoms with E-state index in [4.69, 9.17) is 14.0 Å². The Balaban J connectivity index is 3.58. The molecular weight excluding hydrogens is 263 g/mol. The van der Waals surface area contributed by atoms with Gasteiger partial charge in [0.1, 0.15) is 0 Å². The molecule has 16 heavy (non-hydrogen) atoms. The maximum Gasteiger partial charge on any atom is 0.639 e. The average molecular weight is 284 g/mol. The van der Waals surface area contributed by atoms with Crippen molar-refractivity contribution in [3.05, 3.63) is 0 Å². The van der Waals surface area contributed by atoms with Crippen LogP contribution in [0.4, 0.5) is 0 Å². The molecule has 0 fully saturated rings. The van der Waals surface area contributed by atoms with Gasteiger partial charge in [0.15, 0.2) is 0 Å². The second-order valence-electron chi connectivity index (χ2n) is 2.88. The Kier molecular flexibility index (Phi) is 14.9. The van der Waals surface area contributed by atoms with Crippen molar-refractivity contribution in [1.82, 2.24) is 0 Å². The Morgan fingerprint density at radius 1 is 0.688 bits per heavy atom. The Hall–Kier alpha value is 0.995. The highest BCUT2D eigenvalue weighted by atomic mass is 32.2. The first kappa shape index (κ1) is 17.0. The molecule has 0 aliphatic rings. The largest absolute Gasteiger partial charge is 0.639 e. The highest BCUT2D eigenvalue weighted by Crippen LogP contribution is 2.00. The zero-order valence-electron chi connectivity index (χ0n) is 10.3. The van der Waals surface area contributed by atoms with Gasteiger partial charge in [-0.25, -0.2) is 0 Å². The van der Waals surface area contributed by atoms with Crippen molar-refractivity contribution in [3.8, 4) is 0 Å². The normalized spacial score (nSPS) is 10.7. The van der Waals surface area contributed by atoms with Gasteiger partial charge < -0.3 is 14.0 Å².